The van der Waals surface area contributed by atoms with Gasteiger partial charge in [-0.25, -0.2) is 0 Å². The van der Waals surface area contributed by atoms with Crippen LogP contribution in [0.1, 0.15) is 18.4 Å². The van der Waals surface area contributed by atoms with Crippen LogP contribution >= 0.6 is 0 Å². The number of benzene rings is 1. The van der Waals surface area contributed by atoms with Crippen LogP contribution in [0, 0.1) is 0 Å². The molecule has 0 spiro atoms. The highest BCUT2D eigenvalue weighted by atomic mass is 15.0. The van der Waals surface area contributed by atoms with E-state index in [-0.39, 0.29) is 0 Å². The van der Waals surface area contributed by atoms with Crippen LogP contribution in [-0.4, -0.2) is 37.1 Å². The van der Waals surface area contributed by atoms with Gasteiger partial charge in [0.25, 0.3) is 0 Å². The van der Waals surface area contributed by atoms with E-state index in [1.54, 1.807) is 0 Å². The van der Waals surface area contributed by atoms with E-state index in [9.17, 15) is 0 Å². The normalized spacial score (nSPS) is 11.5. The molecule has 1 aromatic carbocycles. The maximum Gasteiger partial charge on any atom is 0.0457 e. The number of aromatic amines is 1. The van der Waals surface area contributed by atoms with Crippen LogP contribution in [0.25, 0.3) is 10.9 Å². The van der Waals surface area contributed by atoms with Crippen LogP contribution in [0.2, 0.25) is 0 Å². The lowest BCUT2D eigenvalue weighted by atomic mass is 10.1. The Hall–Kier alpha value is -1.32. The summed E-state index contributed by atoms with van der Waals surface area (Å²) in [6.07, 6.45) is 4.50. The molecule has 1 aromatic heterocycles. The van der Waals surface area contributed by atoms with Crippen LogP contribution in [0.4, 0.5) is 0 Å². The van der Waals surface area contributed by atoms with Crippen molar-refractivity contribution in [1.82, 2.24) is 15.2 Å². The third-order valence-corrected chi connectivity index (χ3v) is 3.21. The molecule has 3 heteroatoms. The van der Waals surface area contributed by atoms with Crippen molar-refractivity contribution in [3.8, 4) is 0 Å². The van der Waals surface area contributed by atoms with Gasteiger partial charge in [-0.15, -0.1) is 0 Å². The minimum Gasteiger partial charge on any atom is -0.361 e. The van der Waals surface area contributed by atoms with E-state index in [4.69, 9.17) is 0 Å². The van der Waals surface area contributed by atoms with Gasteiger partial charge in [0.1, 0.15) is 0 Å². The van der Waals surface area contributed by atoms with E-state index in [0.29, 0.717) is 0 Å². The van der Waals surface area contributed by atoms with Crippen molar-refractivity contribution in [3.63, 3.8) is 0 Å². The fourth-order valence-electron chi connectivity index (χ4n) is 2.21. The Bertz CT molecular complexity index is 473. The summed E-state index contributed by atoms with van der Waals surface area (Å²) in [5.41, 5.74) is 2.60. The quantitative estimate of drug-likeness (QED) is 0.735. The van der Waals surface area contributed by atoms with Crippen molar-refractivity contribution >= 4 is 10.9 Å². The Kier molecular flexibility index (Phi) is 4.79. The summed E-state index contributed by atoms with van der Waals surface area (Å²) >= 11 is 0. The molecule has 0 saturated heterocycles. The lowest BCUT2D eigenvalue weighted by Gasteiger charge is -2.09. The number of nitrogens with zero attached hydrogens (tertiary/aromatic N) is 1. The van der Waals surface area contributed by atoms with E-state index < -0.39 is 0 Å². The highest BCUT2D eigenvalue weighted by molar-refractivity contribution is 5.82. The Morgan fingerprint density at radius 3 is 2.89 bits per heavy atom. The summed E-state index contributed by atoms with van der Waals surface area (Å²) in [6, 6.07) is 8.58. The maximum absolute atomic E-state index is 3.52. The zero-order chi connectivity index (χ0) is 12.8. The van der Waals surface area contributed by atoms with Crippen LogP contribution in [-0.2, 0) is 6.54 Å². The first-order valence-corrected chi connectivity index (χ1v) is 6.68. The van der Waals surface area contributed by atoms with Crippen LogP contribution in [0.5, 0.6) is 0 Å². The second kappa shape index (κ2) is 6.57. The fourth-order valence-corrected chi connectivity index (χ4v) is 2.21. The first-order chi connectivity index (χ1) is 8.77. The third kappa shape index (κ3) is 3.59. The van der Waals surface area contributed by atoms with Crippen molar-refractivity contribution < 1.29 is 0 Å². The molecule has 0 atom stereocenters. The molecule has 2 N–H and O–H groups in total. The molecule has 0 bridgehead atoms. The molecule has 18 heavy (non-hydrogen) atoms. The Morgan fingerprint density at radius 2 is 2.06 bits per heavy atom. The predicted molar refractivity (Wildman–Crippen MR) is 77.8 cm³/mol. The van der Waals surface area contributed by atoms with Gasteiger partial charge >= 0.3 is 0 Å². The largest absolute Gasteiger partial charge is 0.361 e. The third-order valence-electron chi connectivity index (χ3n) is 3.21. The Labute approximate surface area is 109 Å². The number of rotatable bonds is 7. The first-order valence-electron chi connectivity index (χ1n) is 6.68. The van der Waals surface area contributed by atoms with Gasteiger partial charge in [-0.05, 0) is 57.7 Å². The number of nitrogens with one attached hydrogen (secondary N) is 2. The van der Waals surface area contributed by atoms with Gasteiger partial charge in [0.05, 0.1) is 0 Å². The minimum atomic E-state index is 0.956. The summed E-state index contributed by atoms with van der Waals surface area (Å²) in [7, 11) is 4.25. The SMILES string of the molecule is CN(C)CCCCNCc1cccc2[nH]ccc12. The number of aromatic nitrogens is 1. The topological polar surface area (TPSA) is 31.1 Å². The van der Waals surface area contributed by atoms with Crippen molar-refractivity contribution in [1.29, 1.82) is 0 Å². The van der Waals surface area contributed by atoms with Crippen molar-refractivity contribution in [2.75, 3.05) is 27.2 Å². The van der Waals surface area contributed by atoms with Gasteiger partial charge in [0, 0.05) is 23.6 Å². The predicted octanol–water partition coefficient (Wildman–Crippen LogP) is 2.60. The molecule has 0 radical (unpaired) electrons. The Balaban J connectivity index is 1.75. The van der Waals surface area contributed by atoms with Crippen molar-refractivity contribution in [2.24, 2.45) is 0 Å². The highest BCUT2D eigenvalue weighted by Crippen LogP contribution is 2.16. The zero-order valence-electron chi connectivity index (χ0n) is 11.4. The van der Waals surface area contributed by atoms with E-state index in [0.717, 1.165) is 13.1 Å². The summed E-state index contributed by atoms with van der Waals surface area (Å²) in [5.74, 6) is 0. The fraction of sp³-hybridized carbons (Fsp3) is 0.467. The molecular weight excluding hydrogens is 222 g/mol. The standard InChI is InChI=1S/C15H23N3/c1-18(2)11-4-3-9-16-12-13-6-5-7-15-14(13)8-10-17-15/h5-8,10,16-17H,3-4,9,11-12H2,1-2H3. The summed E-state index contributed by atoms with van der Waals surface area (Å²) in [4.78, 5) is 5.49. The van der Waals surface area contributed by atoms with Gasteiger partial charge < -0.3 is 15.2 Å². The molecule has 1 heterocycles. The van der Waals surface area contributed by atoms with Gasteiger partial charge in [0.15, 0.2) is 0 Å². The first kappa shape index (κ1) is 13.1. The number of unbranched alkanes of at least 4 members (excludes halogenated alkanes) is 1. The maximum atomic E-state index is 3.52. The Morgan fingerprint density at radius 1 is 1.17 bits per heavy atom. The van der Waals surface area contributed by atoms with Gasteiger partial charge in [-0.2, -0.15) is 0 Å². The van der Waals surface area contributed by atoms with Crippen LogP contribution in [0.3, 0.4) is 0 Å². The van der Waals surface area contributed by atoms with Gasteiger partial charge in [-0.1, -0.05) is 12.1 Å². The average molecular weight is 245 g/mol. The van der Waals surface area contributed by atoms with Crippen molar-refractivity contribution in [2.45, 2.75) is 19.4 Å². The van der Waals surface area contributed by atoms with Crippen molar-refractivity contribution in [3.05, 3.63) is 36.0 Å². The molecule has 0 aliphatic heterocycles. The van der Waals surface area contributed by atoms with Crippen LogP contribution < -0.4 is 5.32 Å². The summed E-state index contributed by atoms with van der Waals surface area (Å²) < 4.78 is 0. The molecule has 2 aromatic rings. The molecule has 98 valence electrons. The van der Waals surface area contributed by atoms with Gasteiger partial charge in [0.2, 0.25) is 0 Å². The average Bonchev–Trinajstić information content (AvgIpc) is 2.82. The van der Waals surface area contributed by atoms with Gasteiger partial charge in [-0.3, -0.25) is 0 Å². The van der Waals surface area contributed by atoms with Crippen LogP contribution in [0.15, 0.2) is 30.5 Å². The molecule has 0 aliphatic rings. The summed E-state index contributed by atoms with van der Waals surface area (Å²) in [6.45, 7) is 3.22. The smallest absolute Gasteiger partial charge is 0.0457 e. The molecule has 0 amide bonds. The molecule has 0 saturated carbocycles. The minimum absolute atomic E-state index is 0.956. The highest BCUT2D eigenvalue weighted by Gasteiger charge is 2.00. The molecule has 3 nitrogen and oxygen atoms in total. The molecule has 2 rings (SSSR count). The monoisotopic (exact) mass is 245 g/mol. The molecule has 0 unspecified atom stereocenters. The lowest BCUT2D eigenvalue weighted by Crippen LogP contribution is -2.18. The lowest BCUT2D eigenvalue weighted by molar-refractivity contribution is 0.391. The van der Waals surface area contributed by atoms with E-state index >= 15 is 0 Å². The molecule has 0 aliphatic carbocycles. The second-order valence-electron chi connectivity index (χ2n) is 5.04. The number of H-pyrrole nitrogens is 1. The van der Waals surface area contributed by atoms with E-state index in [2.05, 4.69) is 53.6 Å². The zero-order valence-corrected chi connectivity index (χ0v) is 11.4. The second-order valence-corrected chi connectivity index (χ2v) is 5.04. The van der Waals surface area contributed by atoms with E-state index in [1.165, 1.54) is 35.9 Å². The molecular formula is C15H23N3. The summed E-state index contributed by atoms with van der Waals surface area (Å²) in [5, 5.41) is 4.86. The number of hydrogen-bond donors (Lipinski definition) is 2. The number of hydrogen-bond acceptors (Lipinski definition) is 2. The molecule has 0 fully saturated rings. The number of fused-ring (bicyclic) bond motifs is 1. The van der Waals surface area contributed by atoms with E-state index in [1.807, 2.05) is 6.20 Å².